The predicted molar refractivity (Wildman–Crippen MR) is 152 cm³/mol. The van der Waals surface area contributed by atoms with Crippen LogP contribution in [0.25, 0.3) is 22.6 Å². The molecular weight excluding hydrogens is 570 g/mol. The molecule has 11 heteroatoms. The number of anilines is 1. The highest BCUT2D eigenvalue weighted by molar-refractivity contribution is 6.54. The van der Waals surface area contributed by atoms with Gasteiger partial charge in [0.15, 0.2) is 10.6 Å². The second-order valence-electron chi connectivity index (χ2n) is 8.19. The lowest BCUT2D eigenvalue weighted by molar-refractivity contribution is -0.122. The van der Waals surface area contributed by atoms with Crippen molar-refractivity contribution in [3.05, 3.63) is 94.5 Å². The van der Waals surface area contributed by atoms with E-state index < -0.39 is 16.8 Å². The molecule has 0 spiro atoms. The van der Waals surface area contributed by atoms with Crippen LogP contribution in [-0.2, 0) is 9.59 Å². The summed E-state index contributed by atoms with van der Waals surface area (Å²) in [5.41, 5.74) is 8.88. The third-order valence-corrected chi connectivity index (χ3v) is 6.70. The van der Waals surface area contributed by atoms with Gasteiger partial charge in [-0.3, -0.25) is 9.59 Å². The van der Waals surface area contributed by atoms with E-state index in [0.29, 0.717) is 43.9 Å². The van der Waals surface area contributed by atoms with Gasteiger partial charge >= 0.3 is 0 Å². The van der Waals surface area contributed by atoms with Crippen LogP contribution in [0.3, 0.4) is 0 Å². The molecule has 0 radical (unpaired) electrons. The van der Waals surface area contributed by atoms with Crippen molar-refractivity contribution in [1.29, 1.82) is 0 Å². The summed E-state index contributed by atoms with van der Waals surface area (Å²) in [4.78, 5) is 25.5. The third-order valence-electron chi connectivity index (χ3n) is 5.70. The van der Waals surface area contributed by atoms with Crippen molar-refractivity contribution in [3.63, 3.8) is 0 Å². The van der Waals surface area contributed by atoms with Gasteiger partial charge in [-0.05, 0) is 29.8 Å². The fraction of sp³-hybridized carbons (Fsp3) is 0.148. The van der Waals surface area contributed by atoms with Gasteiger partial charge in [-0.1, -0.05) is 100 Å². The first-order chi connectivity index (χ1) is 18.3. The van der Waals surface area contributed by atoms with Crippen LogP contribution in [0.15, 0.2) is 83.4 Å². The van der Waals surface area contributed by atoms with Crippen molar-refractivity contribution >= 4 is 63.9 Å². The van der Waals surface area contributed by atoms with Crippen LogP contribution in [0.4, 0.5) is 5.69 Å². The molecule has 0 saturated heterocycles. The van der Waals surface area contributed by atoms with E-state index in [4.69, 9.17) is 56.7 Å². The van der Waals surface area contributed by atoms with Gasteiger partial charge in [0, 0.05) is 36.0 Å². The monoisotopic (exact) mass is 590 g/mol. The van der Waals surface area contributed by atoms with Crippen LogP contribution < -0.4 is 16.0 Å². The minimum atomic E-state index is -1.31. The molecule has 0 bridgehead atoms. The van der Waals surface area contributed by atoms with Gasteiger partial charge in [0.05, 0.1) is 10.0 Å². The highest BCUT2D eigenvalue weighted by atomic mass is 35.5. The Bertz CT molecular complexity index is 1410. The molecule has 1 heterocycles. The normalized spacial score (nSPS) is 11.8. The highest BCUT2D eigenvalue weighted by Gasteiger charge is 2.24. The maximum absolute atomic E-state index is 12.8. The molecule has 2 amide bonds. The first-order valence-electron chi connectivity index (χ1n) is 11.5. The van der Waals surface area contributed by atoms with Crippen molar-refractivity contribution < 1.29 is 14.1 Å². The number of aromatic nitrogens is 1. The molecule has 1 aromatic heterocycles. The largest absolute Gasteiger partial charge is 0.356 e. The van der Waals surface area contributed by atoms with Crippen molar-refractivity contribution in [2.75, 3.05) is 18.0 Å². The topological polar surface area (TPSA) is 101 Å². The summed E-state index contributed by atoms with van der Waals surface area (Å²) in [5, 5.41) is 7.74. The van der Waals surface area contributed by atoms with Crippen LogP contribution in [0, 0.1) is 0 Å². The average Bonchev–Trinajstić information content (AvgIpc) is 3.40. The van der Waals surface area contributed by atoms with Gasteiger partial charge in [0.2, 0.25) is 5.91 Å². The van der Waals surface area contributed by atoms with E-state index in [2.05, 4.69) is 10.5 Å². The standard InChI is InChI=1S/C27H22Cl4N4O3/c28-19-10-5-11-20(29)23(19)21-15-22(38-34-21)17-8-4-9-18(14-17)35(27(37)25(30)31)13-12-33-26(36)24(32)16-6-2-1-3-7-16/h1-11,14-15,24-25H,12-13,32H2,(H,33,36)/t24-/m0/s1. The molecule has 3 N–H and O–H groups in total. The van der Waals surface area contributed by atoms with E-state index in [0.717, 1.165) is 0 Å². The number of alkyl halides is 2. The van der Waals surface area contributed by atoms with Crippen molar-refractivity contribution in [3.8, 4) is 22.6 Å². The molecule has 4 aromatic rings. The SMILES string of the molecule is N[C@H](C(=O)NCCN(C(=O)C(Cl)Cl)c1cccc(-c2cc(-c3c(Cl)cccc3Cl)no2)c1)c1ccccc1. The van der Waals surface area contributed by atoms with Crippen LogP contribution in [0.2, 0.25) is 10.0 Å². The summed E-state index contributed by atoms with van der Waals surface area (Å²) in [6.07, 6.45) is 0. The van der Waals surface area contributed by atoms with Gasteiger partial charge in [-0.2, -0.15) is 0 Å². The number of benzene rings is 3. The minimum absolute atomic E-state index is 0.0996. The van der Waals surface area contributed by atoms with E-state index >= 15 is 0 Å². The summed E-state index contributed by atoms with van der Waals surface area (Å²) in [6, 6.07) is 22.0. The quantitative estimate of drug-likeness (QED) is 0.223. The van der Waals surface area contributed by atoms with Gasteiger partial charge in [-0.15, -0.1) is 0 Å². The molecule has 0 saturated carbocycles. The Balaban J connectivity index is 1.52. The Hall–Kier alpha value is -3.07. The van der Waals surface area contributed by atoms with Crippen molar-refractivity contribution in [2.24, 2.45) is 5.73 Å². The molecule has 7 nitrogen and oxygen atoms in total. The number of carbonyl (C=O) groups excluding carboxylic acids is 2. The number of amides is 2. The zero-order chi connectivity index (χ0) is 27.2. The number of nitrogens with one attached hydrogen (secondary N) is 1. The van der Waals surface area contributed by atoms with E-state index in [1.165, 1.54) is 4.90 Å². The van der Waals surface area contributed by atoms with E-state index in [1.807, 2.05) is 6.07 Å². The van der Waals surface area contributed by atoms with E-state index in [1.54, 1.807) is 72.8 Å². The van der Waals surface area contributed by atoms with Crippen LogP contribution in [-0.4, -0.2) is 34.9 Å². The Morgan fingerprint density at radius 2 is 1.63 bits per heavy atom. The lowest BCUT2D eigenvalue weighted by Gasteiger charge is -2.24. The molecule has 196 valence electrons. The minimum Gasteiger partial charge on any atom is -0.356 e. The predicted octanol–water partition coefficient (Wildman–Crippen LogP) is 6.27. The molecule has 0 fully saturated rings. The number of rotatable bonds is 9. The maximum atomic E-state index is 12.8. The third kappa shape index (κ3) is 6.49. The van der Waals surface area contributed by atoms with Crippen LogP contribution in [0.1, 0.15) is 11.6 Å². The Morgan fingerprint density at radius 1 is 0.947 bits per heavy atom. The van der Waals surface area contributed by atoms with Crippen molar-refractivity contribution in [1.82, 2.24) is 10.5 Å². The smallest absolute Gasteiger partial charge is 0.260 e. The Labute approximate surface area is 239 Å². The number of carbonyl (C=O) groups is 2. The number of halogens is 4. The molecule has 4 rings (SSSR count). The van der Waals surface area contributed by atoms with E-state index in [9.17, 15) is 9.59 Å². The lowest BCUT2D eigenvalue weighted by atomic mass is 10.1. The maximum Gasteiger partial charge on any atom is 0.260 e. The van der Waals surface area contributed by atoms with Gasteiger partial charge in [0.1, 0.15) is 11.7 Å². The molecule has 0 aliphatic carbocycles. The number of nitrogens with two attached hydrogens (primary N) is 1. The molecule has 38 heavy (non-hydrogen) atoms. The average molecular weight is 592 g/mol. The summed E-state index contributed by atoms with van der Waals surface area (Å²) in [5.74, 6) is -0.494. The Kier molecular flexibility index (Phi) is 9.31. The van der Waals surface area contributed by atoms with Crippen LogP contribution >= 0.6 is 46.4 Å². The zero-order valence-corrected chi connectivity index (χ0v) is 22.8. The number of nitrogens with zero attached hydrogens (tertiary/aromatic N) is 2. The zero-order valence-electron chi connectivity index (χ0n) is 19.8. The number of hydrogen-bond donors (Lipinski definition) is 2. The molecule has 0 aliphatic rings. The van der Waals surface area contributed by atoms with Crippen molar-refractivity contribution in [2.45, 2.75) is 10.9 Å². The highest BCUT2D eigenvalue weighted by Crippen LogP contribution is 2.36. The summed E-state index contributed by atoms with van der Waals surface area (Å²) >= 11 is 24.4. The fourth-order valence-electron chi connectivity index (χ4n) is 3.80. The molecule has 1 atom stereocenters. The summed E-state index contributed by atoms with van der Waals surface area (Å²) in [6.45, 7) is 0.218. The van der Waals surface area contributed by atoms with Crippen LogP contribution in [0.5, 0.6) is 0 Å². The lowest BCUT2D eigenvalue weighted by Crippen LogP contribution is -2.43. The summed E-state index contributed by atoms with van der Waals surface area (Å²) < 4.78 is 5.55. The first kappa shape index (κ1) is 28.0. The second kappa shape index (κ2) is 12.7. The molecular formula is C27H22Cl4N4O3. The molecule has 0 aliphatic heterocycles. The molecule has 0 unspecified atom stereocenters. The Morgan fingerprint density at radius 3 is 2.32 bits per heavy atom. The summed E-state index contributed by atoms with van der Waals surface area (Å²) in [7, 11) is 0. The fourth-order valence-corrected chi connectivity index (χ4v) is 4.62. The van der Waals surface area contributed by atoms with Gasteiger partial charge < -0.3 is 20.5 Å². The van der Waals surface area contributed by atoms with Gasteiger partial charge in [-0.25, -0.2) is 0 Å². The van der Waals surface area contributed by atoms with Gasteiger partial charge in [0.25, 0.3) is 5.91 Å². The molecule has 3 aromatic carbocycles. The first-order valence-corrected chi connectivity index (χ1v) is 13.1. The number of hydrogen-bond acceptors (Lipinski definition) is 5. The second-order valence-corrected chi connectivity index (χ2v) is 10.1. The van der Waals surface area contributed by atoms with E-state index in [-0.39, 0.29) is 19.0 Å².